The molecule has 118 valence electrons. The third-order valence-electron chi connectivity index (χ3n) is 4.55. The van der Waals surface area contributed by atoms with Crippen molar-refractivity contribution in [2.24, 2.45) is 11.8 Å². The summed E-state index contributed by atoms with van der Waals surface area (Å²) in [5, 5.41) is 3.74. The summed E-state index contributed by atoms with van der Waals surface area (Å²) in [4.78, 5) is 0. The number of benzene rings is 1. The molecular formula is C18H29NO2. The molecule has 3 nitrogen and oxygen atoms in total. The van der Waals surface area contributed by atoms with Crippen molar-refractivity contribution in [2.75, 3.05) is 25.6 Å². The van der Waals surface area contributed by atoms with E-state index in [1.807, 2.05) is 0 Å². The summed E-state index contributed by atoms with van der Waals surface area (Å²) >= 11 is 0. The first-order valence-corrected chi connectivity index (χ1v) is 8.10. The Hall–Kier alpha value is -1.22. The second-order valence-corrected chi connectivity index (χ2v) is 6.40. The van der Waals surface area contributed by atoms with Crippen molar-refractivity contribution >= 4 is 5.69 Å². The van der Waals surface area contributed by atoms with E-state index in [2.05, 4.69) is 44.3 Å². The molecule has 0 radical (unpaired) electrons. The van der Waals surface area contributed by atoms with Crippen LogP contribution in [0.15, 0.2) is 18.2 Å². The van der Waals surface area contributed by atoms with Gasteiger partial charge in [-0.1, -0.05) is 26.3 Å². The van der Waals surface area contributed by atoms with Gasteiger partial charge in [-0.05, 0) is 49.3 Å². The summed E-state index contributed by atoms with van der Waals surface area (Å²) in [7, 11) is 1.70. The number of rotatable bonds is 6. The normalized spacial score (nSPS) is 25.6. The van der Waals surface area contributed by atoms with Crippen LogP contribution >= 0.6 is 0 Å². The van der Waals surface area contributed by atoms with Crippen molar-refractivity contribution in [3.05, 3.63) is 23.8 Å². The van der Waals surface area contributed by atoms with Crippen molar-refractivity contribution in [1.29, 1.82) is 0 Å². The van der Waals surface area contributed by atoms with Gasteiger partial charge < -0.3 is 14.8 Å². The van der Waals surface area contributed by atoms with Crippen LogP contribution in [0.3, 0.4) is 0 Å². The van der Waals surface area contributed by atoms with Gasteiger partial charge in [0, 0.05) is 13.2 Å². The maximum Gasteiger partial charge on any atom is 0.142 e. The lowest BCUT2D eigenvalue weighted by Gasteiger charge is -2.36. The monoisotopic (exact) mass is 291 g/mol. The fourth-order valence-electron chi connectivity index (χ4n) is 3.25. The Morgan fingerprint density at radius 3 is 2.52 bits per heavy atom. The third kappa shape index (κ3) is 4.37. The van der Waals surface area contributed by atoms with Gasteiger partial charge >= 0.3 is 0 Å². The molecule has 2 atom stereocenters. The molecule has 0 spiro atoms. The molecule has 0 heterocycles. The minimum absolute atomic E-state index is 0.534. The van der Waals surface area contributed by atoms with Gasteiger partial charge in [-0.3, -0.25) is 0 Å². The molecule has 2 rings (SSSR count). The molecule has 1 N–H and O–H groups in total. The smallest absolute Gasteiger partial charge is 0.142 e. The van der Waals surface area contributed by atoms with E-state index in [0.717, 1.165) is 11.4 Å². The zero-order valence-corrected chi connectivity index (χ0v) is 13.8. The fraction of sp³-hybridized carbons (Fsp3) is 0.667. The molecule has 1 fully saturated rings. The molecule has 1 aliphatic rings. The van der Waals surface area contributed by atoms with Crippen LogP contribution in [0, 0.1) is 18.8 Å². The van der Waals surface area contributed by atoms with Crippen LogP contribution in [0.1, 0.15) is 38.7 Å². The van der Waals surface area contributed by atoms with E-state index in [1.165, 1.54) is 24.8 Å². The predicted molar refractivity (Wildman–Crippen MR) is 88.1 cm³/mol. The molecule has 21 heavy (non-hydrogen) atoms. The zero-order chi connectivity index (χ0) is 15.2. The summed E-state index contributed by atoms with van der Waals surface area (Å²) < 4.78 is 11.0. The largest absolute Gasteiger partial charge is 0.489 e. The second kappa shape index (κ2) is 7.69. The SMILES string of the molecule is COCCOc1cc(C)ccc1NC1C(C)CCCC1C. The van der Waals surface area contributed by atoms with Crippen molar-refractivity contribution in [3.63, 3.8) is 0 Å². The quantitative estimate of drug-likeness (QED) is 0.795. The third-order valence-corrected chi connectivity index (χ3v) is 4.55. The molecule has 0 aromatic heterocycles. The van der Waals surface area contributed by atoms with Crippen LogP contribution in [-0.2, 0) is 4.74 Å². The van der Waals surface area contributed by atoms with Crippen LogP contribution in [0.25, 0.3) is 0 Å². The van der Waals surface area contributed by atoms with Crippen LogP contribution < -0.4 is 10.1 Å². The van der Waals surface area contributed by atoms with Crippen LogP contribution in [0.5, 0.6) is 5.75 Å². The van der Waals surface area contributed by atoms with Gasteiger partial charge in [-0.2, -0.15) is 0 Å². The van der Waals surface area contributed by atoms with Gasteiger partial charge in [0.25, 0.3) is 0 Å². The molecule has 1 saturated carbocycles. The lowest BCUT2D eigenvalue weighted by Crippen LogP contribution is -2.37. The Morgan fingerprint density at radius 1 is 1.14 bits per heavy atom. The van der Waals surface area contributed by atoms with E-state index in [1.54, 1.807) is 7.11 Å². The minimum Gasteiger partial charge on any atom is -0.489 e. The summed E-state index contributed by atoms with van der Waals surface area (Å²) in [5.41, 5.74) is 2.33. The fourth-order valence-corrected chi connectivity index (χ4v) is 3.25. The van der Waals surface area contributed by atoms with Gasteiger partial charge in [0.2, 0.25) is 0 Å². The topological polar surface area (TPSA) is 30.5 Å². The first kappa shape index (κ1) is 16.2. The van der Waals surface area contributed by atoms with E-state index in [9.17, 15) is 0 Å². The van der Waals surface area contributed by atoms with Crippen molar-refractivity contribution in [3.8, 4) is 5.75 Å². The highest BCUT2D eigenvalue weighted by Crippen LogP contribution is 2.34. The average molecular weight is 291 g/mol. The number of anilines is 1. The Kier molecular flexibility index (Phi) is 5.92. The van der Waals surface area contributed by atoms with Crippen LogP contribution in [0.2, 0.25) is 0 Å². The van der Waals surface area contributed by atoms with E-state index in [0.29, 0.717) is 31.1 Å². The number of aryl methyl sites for hydroxylation is 1. The van der Waals surface area contributed by atoms with E-state index >= 15 is 0 Å². The minimum atomic E-state index is 0.534. The highest BCUT2D eigenvalue weighted by atomic mass is 16.5. The standard InChI is InChI=1S/C18H29NO2/c1-13-8-9-16(17(12-13)21-11-10-20-4)19-18-14(2)6-5-7-15(18)3/h8-9,12,14-15,18-19H,5-7,10-11H2,1-4H3. The summed E-state index contributed by atoms with van der Waals surface area (Å²) in [6.07, 6.45) is 3.98. The Morgan fingerprint density at radius 2 is 1.86 bits per heavy atom. The highest BCUT2D eigenvalue weighted by molar-refractivity contribution is 5.58. The van der Waals surface area contributed by atoms with Crippen LogP contribution in [0.4, 0.5) is 5.69 Å². The molecule has 1 aliphatic carbocycles. The Labute approximate surface area is 129 Å². The maximum atomic E-state index is 5.88. The Balaban J connectivity index is 2.10. The zero-order valence-electron chi connectivity index (χ0n) is 13.8. The first-order valence-electron chi connectivity index (χ1n) is 8.10. The lowest BCUT2D eigenvalue weighted by molar-refractivity contribution is 0.146. The number of hydrogen-bond acceptors (Lipinski definition) is 3. The number of hydrogen-bond donors (Lipinski definition) is 1. The summed E-state index contributed by atoms with van der Waals surface area (Å²) in [6.45, 7) is 8.01. The van der Waals surface area contributed by atoms with Crippen molar-refractivity contribution in [2.45, 2.75) is 46.1 Å². The molecule has 1 aromatic rings. The summed E-state index contributed by atoms with van der Waals surface area (Å²) in [5.74, 6) is 2.36. The average Bonchev–Trinajstić information content (AvgIpc) is 2.45. The van der Waals surface area contributed by atoms with Crippen molar-refractivity contribution in [1.82, 2.24) is 0 Å². The molecule has 0 aliphatic heterocycles. The van der Waals surface area contributed by atoms with E-state index < -0.39 is 0 Å². The number of nitrogens with one attached hydrogen (secondary N) is 1. The number of ether oxygens (including phenoxy) is 2. The van der Waals surface area contributed by atoms with Gasteiger partial charge in [0.05, 0.1) is 12.3 Å². The molecule has 0 saturated heterocycles. The van der Waals surface area contributed by atoms with Gasteiger partial charge in [-0.15, -0.1) is 0 Å². The van der Waals surface area contributed by atoms with Gasteiger partial charge in [0.15, 0.2) is 0 Å². The molecule has 2 unspecified atom stereocenters. The summed E-state index contributed by atoms with van der Waals surface area (Å²) in [6, 6.07) is 6.93. The Bertz CT molecular complexity index is 437. The van der Waals surface area contributed by atoms with E-state index in [-0.39, 0.29) is 0 Å². The number of methoxy groups -OCH3 is 1. The first-order chi connectivity index (χ1) is 10.1. The molecule has 0 bridgehead atoms. The predicted octanol–water partition coefficient (Wildman–Crippen LogP) is 4.26. The van der Waals surface area contributed by atoms with Gasteiger partial charge in [-0.25, -0.2) is 0 Å². The lowest BCUT2D eigenvalue weighted by atomic mass is 9.78. The molecule has 3 heteroatoms. The molecule has 0 amide bonds. The van der Waals surface area contributed by atoms with E-state index in [4.69, 9.17) is 9.47 Å². The highest BCUT2D eigenvalue weighted by Gasteiger charge is 2.28. The molecular weight excluding hydrogens is 262 g/mol. The maximum absolute atomic E-state index is 5.88. The molecule has 1 aromatic carbocycles. The second-order valence-electron chi connectivity index (χ2n) is 6.40. The van der Waals surface area contributed by atoms with Crippen molar-refractivity contribution < 1.29 is 9.47 Å². The van der Waals surface area contributed by atoms with Crippen LogP contribution in [-0.4, -0.2) is 26.4 Å². The van der Waals surface area contributed by atoms with Gasteiger partial charge in [0.1, 0.15) is 12.4 Å².